The molecule has 0 aliphatic heterocycles. The van der Waals surface area contributed by atoms with Gasteiger partial charge in [-0.1, -0.05) is 32.4 Å². The van der Waals surface area contributed by atoms with E-state index in [1.54, 1.807) is 7.11 Å². The fraction of sp³-hybridized carbons (Fsp3) is 0.600. The molecule has 0 spiro atoms. The monoisotopic (exact) mass is 301 g/mol. The maximum atomic E-state index is 6.09. The van der Waals surface area contributed by atoms with Gasteiger partial charge in [0.25, 0.3) is 0 Å². The lowest BCUT2D eigenvalue weighted by atomic mass is 10.2. The molecule has 0 saturated carbocycles. The van der Waals surface area contributed by atoms with Crippen molar-refractivity contribution >= 4 is 23.4 Å². The molecule has 1 atom stereocenters. The first kappa shape index (κ1) is 16.8. The molecule has 0 heterocycles. The Balaban J connectivity index is 2.68. The van der Waals surface area contributed by atoms with Crippen LogP contribution in [0.25, 0.3) is 0 Å². The van der Waals surface area contributed by atoms with Gasteiger partial charge in [0.15, 0.2) is 0 Å². The first-order valence-electron chi connectivity index (χ1n) is 6.69. The van der Waals surface area contributed by atoms with Gasteiger partial charge in [-0.3, -0.25) is 0 Å². The van der Waals surface area contributed by atoms with Crippen molar-refractivity contribution in [2.75, 3.05) is 20.3 Å². The molecule has 0 saturated heterocycles. The number of benzene rings is 1. The van der Waals surface area contributed by atoms with E-state index in [2.05, 4.69) is 38.2 Å². The van der Waals surface area contributed by atoms with Crippen molar-refractivity contribution in [3.63, 3.8) is 0 Å². The summed E-state index contributed by atoms with van der Waals surface area (Å²) in [6, 6.07) is 6.14. The van der Waals surface area contributed by atoms with Crippen LogP contribution in [0.3, 0.4) is 0 Å². The van der Waals surface area contributed by atoms with Gasteiger partial charge in [0.2, 0.25) is 0 Å². The third-order valence-electron chi connectivity index (χ3n) is 3.07. The van der Waals surface area contributed by atoms with Crippen LogP contribution < -0.4 is 5.32 Å². The Morgan fingerprint density at radius 2 is 2.05 bits per heavy atom. The summed E-state index contributed by atoms with van der Waals surface area (Å²) in [7, 11) is 1.71. The molecule has 1 N–H and O–H groups in total. The summed E-state index contributed by atoms with van der Waals surface area (Å²) >= 11 is 8.02. The van der Waals surface area contributed by atoms with Crippen molar-refractivity contribution in [1.82, 2.24) is 5.32 Å². The van der Waals surface area contributed by atoms with E-state index < -0.39 is 0 Å². The van der Waals surface area contributed by atoms with E-state index in [4.69, 9.17) is 16.3 Å². The summed E-state index contributed by atoms with van der Waals surface area (Å²) < 4.78 is 5.04. The van der Waals surface area contributed by atoms with E-state index in [0.29, 0.717) is 11.2 Å². The van der Waals surface area contributed by atoms with Crippen LogP contribution in [-0.4, -0.2) is 25.5 Å². The van der Waals surface area contributed by atoms with Crippen molar-refractivity contribution in [2.24, 2.45) is 5.92 Å². The standard InChI is InChI=1S/C15H24ClNOS/c1-11(2)12(3)19-15-6-5-14(16)9-13(15)10-17-7-8-18-4/h5-6,9,11-12,17H,7-8,10H2,1-4H3. The lowest BCUT2D eigenvalue weighted by Crippen LogP contribution is -2.19. The average Bonchev–Trinajstić information content (AvgIpc) is 2.37. The number of thioether (sulfide) groups is 1. The molecule has 0 radical (unpaired) electrons. The smallest absolute Gasteiger partial charge is 0.0587 e. The second-order valence-corrected chi connectivity index (χ2v) is 6.84. The lowest BCUT2D eigenvalue weighted by molar-refractivity contribution is 0.199. The third-order valence-corrected chi connectivity index (χ3v) is 4.88. The molecule has 19 heavy (non-hydrogen) atoms. The van der Waals surface area contributed by atoms with E-state index in [1.807, 2.05) is 17.8 Å². The number of halogens is 1. The Labute approximate surface area is 126 Å². The van der Waals surface area contributed by atoms with E-state index in [-0.39, 0.29) is 0 Å². The van der Waals surface area contributed by atoms with Crippen LogP contribution in [0.4, 0.5) is 0 Å². The van der Waals surface area contributed by atoms with Gasteiger partial charge in [0.1, 0.15) is 0 Å². The van der Waals surface area contributed by atoms with Crippen LogP contribution in [0.15, 0.2) is 23.1 Å². The van der Waals surface area contributed by atoms with Crippen LogP contribution in [-0.2, 0) is 11.3 Å². The molecule has 1 rings (SSSR count). The maximum absolute atomic E-state index is 6.09. The largest absolute Gasteiger partial charge is 0.383 e. The van der Waals surface area contributed by atoms with Gasteiger partial charge in [-0.15, -0.1) is 11.8 Å². The van der Waals surface area contributed by atoms with Gasteiger partial charge in [0.05, 0.1) is 6.61 Å². The summed E-state index contributed by atoms with van der Waals surface area (Å²) in [5.74, 6) is 0.662. The molecule has 1 aromatic rings. The summed E-state index contributed by atoms with van der Waals surface area (Å²) in [6.45, 7) is 9.19. The fourth-order valence-electron chi connectivity index (χ4n) is 1.53. The minimum absolute atomic E-state index is 0.596. The zero-order valence-corrected chi connectivity index (χ0v) is 13.8. The van der Waals surface area contributed by atoms with Crippen molar-refractivity contribution in [3.8, 4) is 0 Å². The van der Waals surface area contributed by atoms with Crippen molar-refractivity contribution in [2.45, 2.75) is 37.5 Å². The molecule has 2 nitrogen and oxygen atoms in total. The van der Waals surface area contributed by atoms with E-state index >= 15 is 0 Å². The van der Waals surface area contributed by atoms with Gasteiger partial charge >= 0.3 is 0 Å². The first-order chi connectivity index (χ1) is 9.04. The maximum Gasteiger partial charge on any atom is 0.0587 e. The number of rotatable bonds is 8. The van der Waals surface area contributed by atoms with Crippen LogP contribution in [0.1, 0.15) is 26.3 Å². The Morgan fingerprint density at radius 3 is 2.68 bits per heavy atom. The van der Waals surface area contributed by atoms with Gasteiger partial charge in [-0.25, -0.2) is 0 Å². The zero-order valence-electron chi connectivity index (χ0n) is 12.2. The van der Waals surface area contributed by atoms with Gasteiger partial charge in [-0.05, 0) is 29.7 Å². The van der Waals surface area contributed by atoms with Crippen LogP contribution in [0.2, 0.25) is 5.02 Å². The van der Waals surface area contributed by atoms with Crippen molar-refractivity contribution in [1.29, 1.82) is 0 Å². The summed E-state index contributed by atoms with van der Waals surface area (Å²) in [5.41, 5.74) is 1.26. The van der Waals surface area contributed by atoms with Crippen LogP contribution in [0.5, 0.6) is 0 Å². The fourth-order valence-corrected chi connectivity index (χ4v) is 2.83. The van der Waals surface area contributed by atoms with Gasteiger partial charge < -0.3 is 10.1 Å². The summed E-state index contributed by atoms with van der Waals surface area (Å²) in [6.07, 6.45) is 0. The highest BCUT2D eigenvalue weighted by Gasteiger charge is 2.12. The first-order valence-corrected chi connectivity index (χ1v) is 7.95. The number of methoxy groups -OCH3 is 1. The van der Waals surface area contributed by atoms with Gasteiger partial charge in [0, 0.05) is 35.4 Å². The molecule has 0 aliphatic rings. The van der Waals surface area contributed by atoms with E-state index in [0.717, 1.165) is 24.7 Å². The van der Waals surface area contributed by atoms with E-state index in [9.17, 15) is 0 Å². The Hall–Kier alpha value is -0.220. The molecule has 0 aromatic heterocycles. The summed E-state index contributed by atoms with van der Waals surface area (Å²) in [5, 5.41) is 4.77. The minimum atomic E-state index is 0.596. The third kappa shape index (κ3) is 6.17. The highest BCUT2D eigenvalue weighted by Crippen LogP contribution is 2.32. The molecule has 108 valence electrons. The normalized spacial score (nSPS) is 12.9. The van der Waals surface area contributed by atoms with E-state index in [1.165, 1.54) is 10.5 Å². The number of hydrogen-bond acceptors (Lipinski definition) is 3. The molecule has 4 heteroatoms. The molecular formula is C15H24ClNOS. The topological polar surface area (TPSA) is 21.3 Å². The molecule has 0 fully saturated rings. The molecule has 1 unspecified atom stereocenters. The second-order valence-electron chi connectivity index (χ2n) is 4.99. The number of nitrogens with one attached hydrogen (secondary N) is 1. The van der Waals surface area contributed by atoms with Crippen molar-refractivity contribution < 1.29 is 4.74 Å². The second kappa shape index (κ2) is 8.85. The molecule has 1 aromatic carbocycles. The highest BCUT2D eigenvalue weighted by molar-refractivity contribution is 8.00. The SMILES string of the molecule is COCCNCc1cc(Cl)ccc1SC(C)C(C)C. The molecular weight excluding hydrogens is 278 g/mol. The summed E-state index contributed by atoms with van der Waals surface area (Å²) in [4.78, 5) is 1.32. The van der Waals surface area contributed by atoms with Gasteiger partial charge in [-0.2, -0.15) is 0 Å². The zero-order chi connectivity index (χ0) is 14.3. The lowest BCUT2D eigenvalue weighted by Gasteiger charge is -2.18. The molecule has 0 bridgehead atoms. The Morgan fingerprint density at radius 1 is 1.32 bits per heavy atom. The Bertz CT molecular complexity index is 384. The average molecular weight is 302 g/mol. The predicted octanol–water partition coefficient (Wildman–Crippen LogP) is 4.21. The number of hydrogen-bond donors (Lipinski definition) is 1. The number of ether oxygens (including phenoxy) is 1. The highest BCUT2D eigenvalue weighted by atomic mass is 35.5. The molecule has 0 amide bonds. The minimum Gasteiger partial charge on any atom is -0.383 e. The van der Waals surface area contributed by atoms with Crippen LogP contribution >= 0.6 is 23.4 Å². The van der Waals surface area contributed by atoms with Crippen molar-refractivity contribution in [3.05, 3.63) is 28.8 Å². The quantitative estimate of drug-likeness (QED) is 0.574. The molecule has 0 aliphatic carbocycles. The predicted molar refractivity (Wildman–Crippen MR) is 85.2 cm³/mol. The Kier molecular flexibility index (Phi) is 7.84. The van der Waals surface area contributed by atoms with Crippen LogP contribution in [0, 0.1) is 5.92 Å².